The Balaban J connectivity index is 2.16. The average molecular weight is 475 g/mol. The lowest BCUT2D eigenvalue weighted by Crippen LogP contribution is -2.22. The molecule has 3 aromatic rings. The Labute approximate surface area is 181 Å². The van der Waals surface area contributed by atoms with Crippen LogP contribution < -0.4 is 15.0 Å². The fourth-order valence-corrected chi connectivity index (χ4v) is 3.34. The van der Waals surface area contributed by atoms with Gasteiger partial charge in [-0.05, 0) is 24.3 Å². The molecule has 0 amide bonds. The van der Waals surface area contributed by atoms with E-state index in [9.17, 15) is 4.79 Å². The van der Waals surface area contributed by atoms with Gasteiger partial charge < -0.3 is 9.47 Å². The zero-order chi connectivity index (χ0) is 21.0. The van der Waals surface area contributed by atoms with Crippen molar-refractivity contribution in [3.05, 3.63) is 61.6 Å². The van der Waals surface area contributed by atoms with Crippen molar-refractivity contribution >= 4 is 44.6 Å². The molecule has 1 heterocycles. The first-order valence-electron chi connectivity index (χ1n) is 8.67. The highest BCUT2D eigenvalue weighted by atomic mass is 79.9. The summed E-state index contributed by atoms with van der Waals surface area (Å²) in [5.74, 6) is 3.74. The predicted molar refractivity (Wildman–Crippen MR) is 118 cm³/mol. The first-order valence-corrected chi connectivity index (χ1v) is 9.85. The summed E-state index contributed by atoms with van der Waals surface area (Å²) in [5.41, 5.74) is 0.862. The fraction of sp³-hybridized carbons (Fsp3) is 0.190. The van der Waals surface area contributed by atoms with Crippen LogP contribution in [0.1, 0.15) is 18.3 Å². The highest BCUT2D eigenvalue weighted by Gasteiger charge is 2.13. The molecule has 0 N–H and O–H groups in total. The average Bonchev–Trinajstić information content (AvgIpc) is 2.72. The van der Waals surface area contributed by atoms with Gasteiger partial charge in [0.05, 0.1) is 24.2 Å². The van der Waals surface area contributed by atoms with Crippen molar-refractivity contribution in [1.29, 1.82) is 0 Å². The van der Waals surface area contributed by atoms with Crippen LogP contribution in [0.25, 0.3) is 10.9 Å². The molecule has 2 aromatic carbocycles. The number of aryl methyl sites for hydroxylation is 1. The third-order valence-electron chi connectivity index (χ3n) is 4.07. The topological polar surface area (TPSA) is 65.7 Å². The number of methoxy groups -OCH3 is 1. The van der Waals surface area contributed by atoms with Crippen molar-refractivity contribution in [2.24, 2.45) is 5.10 Å². The number of hydrogen-bond acceptors (Lipinski definition) is 5. The third-order valence-corrected chi connectivity index (χ3v) is 4.78. The summed E-state index contributed by atoms with van der Waals surface area (Å²) in [6.07, 6.45) is 7.31. The summed E-state index contributed by atoms with van der Waals surface area (Å²) in [7, 11) is 1.50. The monoisotopic (exact) mass is 473 g/mol. The number of rotatable bonds is 6. The molecule has 0 aliphatic rings. The number of hydrogen-bond donors (Lipinski definition) is 0. The lowest BCUT2D eigenvalue weighted by atomic mass is 10.2. The summed E-state index contributed by atoms with van der Waals surface area (Å²) in [6.45, 7) is 1.95. The number of benzene rings is 2. The van der Waals surface area contributed by atoms with Crippen molar-refractivity contribution in [1.82, 2.24) is 9.66 Å². The van der Waals surface area contributed by atoms with Crippen molar-refractivity contribution < 1.29 is 9.47 Å². The number of ether oxygens (including phenoxy) is 2. The molecule has 8 heteroatoms. The standard InChI is InChI=1S/C21H17BrClN3O3/c1-4-8-29-20-13(9-15(23)11-18(20)28-3)12-24-26-19(5-2)25-17-7-6-14(22)10-16(17)21(26)27/h1,6-7,9-12H,5,8H2,2-3H3. The van der Waals surface area contributed by atoms with E-state index in [1.807, 2.05) is 13.0 Å². The van der Waals surface area contributed by atoms with Crippen molar-refractivity contribution in [3.8, 4) is 23.8 Å². The fourth-order valence-electron chi connectivity index (χ4n) is 2.77. The third kappa shape index (κ3) is 4.44. The van der Waals surface area contributed by atoms with Crippen LogP contribution in [-0.4, -0.2) is 29.6 Å². The van der Waals surface area contributed by atoms with E-state index in [0.29, 0.717) is 45.2 Å². The van der Waals surface area contributed by atoms with Crippen molar-refractivity contribution in [2.45, 2.75) is 13.3 Å². The van der Waals surface area contributed by atoms with Crippen LogP contribution in [0.15, 0.2) is 44.7 Å². The summed E-state index contributed by atoms with van der Waals surface area (Å²) < 4.78 is 13.0. The van der Waals surface area contributed by atoms with Gasteiger partial charge in [0.1, 0.15) is 12.4 Å². The molecule has 0 atom stereocenters. The summed E-state index contributed by atoms with van der Waals surface area (Å²) in [5, 5.41) is 5.26. The lowest BCUT2D eigenvalue weighted by Gasteiger charge is -2.12. The first kappa shape index (κ1) is 20.9. The van der Waals surface area contributed by atoms with E-state index in [4.69, 9.17) is 27.5 Å². The van der Waals surface area contributed by atoms with Crippen LogP contribution >= 0.6 is 27.5 Å². The van der Waals surface area contributed by atoms with Gasteiger partial charge in [0.25, 0.3) is 5.56 Å². The summed E-state index contributed by atoms with van der Waals surface area (Å²) in [6, 6.07) is 8.63. The van der Waals surface area contributed by atoms with Gasteiger partial charge in [0, 0.05) is 27.5 Å². The molecule has 1 aromatic heterocycles. The van der Waals surface area contributed by atoms with Crippen LogP contribution in [0.5, 0.6) is 11.5 Å². The smallest absolute Gasteiger partial charge is 0.282 e. The Bertz CT molecular complexity index is 1200. The first-order chi connectivity index (χ1) is 14.0. The maximum Gasteiger partial charge on any atom is 0.282 e. The van der Waals surface area contributed by atoms with Gasteiger partial charge in [-0.25, -0.2) is 4.98 Å². The zero-order valence-electron chi connectivity index (χ0n) is 15.8. The Morgan fingerprint density at radius 1 is 1.38 bits per heavy atom. The summed E-state index contributed by atoms with van der Waals surface area (Å²) in [4.78, 5) is 17.6. The predicted octanol–water partition coefficient (Wildman–Crippen LogP) is 4.28. The minimum absolute atomic E-state index is 0.0462. The number of terminal acetylenes is 1. The second kappa shape index (κ2) is 9.12. The molecule has 6 nitrogen and oxygen atoms in total. The number of nitrogens with zero attached hydrogens (tertiary/aromatic N) is 3. The van der Waals surface area contributed by atoms with Gasteiger partial charge in [0.2, 0.25) is 0 Å². The second-order valence-corrected chi connectivity index (χ2v) is 7.28. The van der Waals surface area contributed by atoms with Crippen LogP contribution in [0.2, 0.25) is 5.02 Å². The SMILES string of the molecule is C#CCOc1c(C=Nn2c(CC)nc3ccc(Br)cc3c2=O)cc(Cl)cc1OC. The van der Waals surface area contributed by atoms with Crippen molar-refractivity contribution in [2.75, 3.05) is 13.7 Å². The van der Waals surface area contributed by atoms with Crippen LogP contribution in [0.3, 0.4) is 0 Å². The van der Waals surface area contributed by atoms with Gasteiger partial charge in [0.15, 0.2) is 11.5 Å². The normalized spacial score (nSPS) is 11.0. The Morgan fingerprint density at radius 3 is 2.86 bits per heavy atom. The molecule has 0 radical (unpaired) electrons. The van der Waals surface area contributed by atoms with E-state index >= 15 is 0 Å². The molecule has 0 spiro atoms. The van der Waals surface area contributed by atoms with E-state index in [1.165, 1.54) is 18.0 Å². The Kier molecular flexibility index (Phi) is 6.57. The van der Waals surface area contributed by atoms with Gasteiger partial charge in [-0.1, -0.05) is 40.4 Å². The molecule has 148 valence electrons. The lowest BCUT2D eigenvalue weighted by molar-refractivity contribution is 0.330. The second-order valence-electron chi connectivity index (χ2n) is 5.92. The number of fused-ring (bicyclic) bond motifs is 1. The minimum Gasteiger partial charge on any atom is -0.493 e. The van der Waals surface area contributed by atoms with Crippen molar-refractivity contribution in [3.63, 3.8) is 0 Å². The molecule has 0 unspecified atom stereocenters. The van der Waals surface area contributed by atoms with E-state index in [-0.39, 0.29) is 12.2 Å². The van der Waals surface area contributed by atoms with E-state index in [2.05, 4.69) is 31.9 Å². The molecule has 0 bridgehead atoms. The molecule has 0 fully saturated rings. The highest BCUT2D eigenvalue weighted by molar-refractivity contribution is 9.10. The van der Waals surface area contributed by atoms with E-state index < -0.39 is 0 Å². The number of halogens is 2. The molecule has 3 rings (SSSR count). The molecular formula is C21H17BrClN3O3. The number of aromatic nitrogens is 2. The van der Waals surface area contributed by atoms with Gasteiger partial charge in [-0.3, -0.25) is 4.79 Å². The van der Waals surface area contributed by atoms with Gasteiger partial charge >= 0.3 is 0 Å². The summed E-state index contributed by atoms with van der Waals surface area (Å²) >= 11 is 9.56. The largest absolute Gasteiger partial charge is 0.493 e. The van der Waals surface area contributed by atoms with Crippen LogP contribution in [-0.2, 0) is 6.42 Å². The van der Waals surface area contributed by atoms with Crippen LogP contribution in [0, 0.1) is 12.3 Å². The maximum absolute atomic E-state index is 13.0. The van der Waals surface area contributed by atoms with Gasteiger partial charge in [-0.2, -0.15) is 9.78 Å². The minimum atomic E-state index is -0.274. The molecular weight excluding hydrogens is 458 g/mol. The quantitative estimate of drug-likeness (QED) is 0.395. The molecule has 0 aliphatic heterocycles. The molecule has 29 heavy (non-hydrogen) atoms. The van der Waals surface area contributed by atoms with Crippen LogP contribution in [0.4, 0.5) is 0 Å². The molecule has 0 saturated carbocycles. The van der Waals surface area contributed by atoms with E-state index in [1.54, 1.807) is 24.3 Å². The zero-order valence-corrected chi connectivity index (χ0v) is 18.1. The van der Waals surface area contributed by atoms with E-state index in [0.717, 1.165) is 4.47 Å². The van der Waals surface area contributed by atoms with Gasteiger partial charge in [-0.15, -0.1) is 6.42 Å². The molecule has 0 aliphatic carbocycles. The Hall–Kier alpha value is -2.82. The molecule has 0 saturated heterocycles. The maximum atomic E-state index is 13.0. The Morgan fingerprint density at radius 2 is 2.17 bits per heavy atom. The highest BCUT2D eigenvalue weighted by Crippen LogP contribution is 2.33.